The van der Waals surface area contributed by atoms with Gasteiger partial charge in [0.15, 0.2) is 0 Å². The largest absolute Gasteiger partial charge is 0.464 e. The van der Waals surface area contributed by atoms with Crippen LogP contribution in [-0.2, 0) is 0 Å². The van der Waals surface area contributed by atoms with Gasteiger partial charge in [0.2, 0.25) is 0 Å². The lowest BCUT2D eigenvalue weighted by molar-refractivity contribution is 0.105. The molecule has 0 spiro atoms. The number of aliphatic hydroxyl groups excluding tert-OH is 2. The van der Waals surface area contributed by atoms with E-state index in [1.807, 2.05) is 36.4 Å². The van der Waals surface area contributed by atoms with E-state index in [0.717, 1.165) is 17.0 Å². The molecule has 0 bridgehead atoms. The van der Waals surface area contributed by atoms with Crippen molar-refractivity contribution in [1.82, 2.24) is 0 Å². The predicted octanol–water partition coefficient (Wildman–Crippen LogP) is 1.71. The molecule has 0 fully saturated rings. The van der Waals surface area contributed by atoms with E-state index in [-0.39, 0.29) is 6.61 Å². The Labute approximate surface area is 99.5 Å². The van der Waals surface area contributed by atoms with Gasteiger partial charge in [-0.2, -0.15) is 0 Å². The summed E-state index contributed by atoms with van der Waals surface area (Å²) in [6.45, 7) is 0.0458. The van der Waals surface area contributed by atoms with Crippen LogP contribution in [0.15, 0.2) is 47.1 Å². The Morgan fingerprint density at radius 3 is 2.71 bits per heavy atom. The normalized spacial score (nSPS) is 12.4. The maximum absolute atomic E-state index is 9.30. The average Bonchev–Trinajstić information content (AvgIpc) is 2.90. The van der Waals surface area contributed by atoms with Gasteiger partial charge in [-0.1, -0.05) is 12.1 Å². The lowest BCUT2D eigenvalue weighted by Crippen LogP contribution is -2.23. The van der Waals surface area contributed by atoms with E-state index in [9.17, 15) is 5.11 Å². The van der Waals surface area contributed by atoms with E-state index in [4.69, 9.17) is 9.52 Å². The second-order valence-electron chi connectivity index (χ2n) is 3.74. The summed E-state index contributed by atoms with van der Waals surface area (Å²) in [6.07, 6.45) is 0.856. The van der Waals surface area contributed by atoms with Crippen LogP contribution < -0.4 is 5.32 Å². The van der Waals surface area contributed by atoms with Gasteiger partial charge in [0, 0.05) is 17.8 Å². The molecule has 0 radical (unpaired) electrons. The van der Waals surface area contributed by atoms with Crippen molar-refractivity contribution in [3.63, 3.8) is 0 Å². The molecule has 3 N–H and O–H groups in total. The summed E-state index contributed by atoms with van der Waals surface area (Å²) in [5.41, 5.74) is 1.80. The quantitative estimate of drug-likeness (QED) is 0.735. The van der Waals surface area contributed by atoms with Crippen LogP contribution in [-0.4, -0.2) is 29.5 Å². The lowest BCUT2D eigenvalue weighted by atomic mass is 10.1. The SMILES string of the molecule is OCC(O)CNc1ccccc1-c1ccco1. The van der Waals surface area contributed by atoms with Gasteiger partial charge in [0.25, 0.3) is 0 Å². The molecule has 0 aliphatic rings. The second kappa shape index (κ2) is 5.52. The molecular weight excluding hydrogens is 218 g/mol. The summed E-state index contributed by atoms with van der Waals surface area (Å²) >= 11 is 0. The van der Waals surface area contributed by atoms with Crippen LogP contribution in [0.2, 0.25) is 0 Å². The van der Waals surface area contributed by atoms with Gasteiger partial charge < -0.3 is 19.9 Å². The maximum Gasteiger partial charge on any atom is 0.135 e. The van der Waals surface area contributed by atoms with Crippen LogP contribution in [0.4, 0.5) is 5.69 Å². The topological polar surface area (TPSA) is 65.6 Å². The standard InChI is InChI=1S/C13H15NO3/c15-9-10(16)8-14-12-5-2-1-4-11(12)13-6-3-7-17-13/h1-7,10,14-16H,8-9H2. The van der Waals surface area contributed by atoms with Crippen LogP contribution >= 0.6 is 0 Å². The zero-order valence-electron chi connectivity index (χ0n) is 9.34. The minimum absolute atomic E-state index is 0.254. The van der Waals surface area contributed by atoms with Crippen LogP contribution in [0, 0.1) is 0 Å². The fourth-order valence-corrected chi connectivity index (χ4v) is 1.58. The smallest absolute Gasteiger partial charge is 0.135 e. The highest BCUT2D eigenvalue weighted by molar-refractivity contribution is 5.74. The van der Waals surface area contributed by atoms with Gasteiger partial charge in [-0.15, -0.1) is 0 Å². The first-order valence-electron chi connectivity index (χ1n) is 5.47. The van der Waals surface area contributed by atoms with Crippen molar-refractivity contribution in [3.8, 4) is 11.3 Å². The molecule has 0 saturated heterocycles. The van der Waals surface area contributed by atoms with E-state index in [2.05, 4.69) is 5.32 Å². The molecule has 1 aromatic heterocycles. The van der Waals surface area contributed by atoms with Gasteiger partial charge in [-0.05, 0) is 24.3 Å². The molecule has 0 amide bonds. The molecule has 4 nitrogen and oxygen atoms in total. The number of rotatable bonds is 5. The lowest BCUT2D eigenvalue weighted by Gasteiger charge is -2.12. The van der Waals surface area contributed by atoms with Crippen molar-refractivity contribution < 1.29 is 14.6 Å². The number of furan rings is 1. The van der Waals surface area contributed by atoms with E-state index >= 15 is 0 Å². The third-order valence-electron chi connectivity index (χ3n) is 2.45. The highest BCUT2D eigenvalue weighted by Gasteiger charge is 2.08. The van der Waals surface area contributed by atoms with Crippen LogP contribution in [0.1, 0.15) is 0 Å². The van der Waals surface area contributed by atoms with E-state index < -0.39 is 6.10 Å². The third kappa shape index (κ3) is 2.87. The molecule has 1 heterocycles. The van der Waals surface area contributed by atoms with Crippen molar-refractivity contribution in [1.29, 1.82) is 0 Å². The summed E-state index contributed by atoms with van der Waals surface area (Å²) in [5, 5.41) is 21.1. The van der Waals surface area contributed by atoms with Gasteiger partial charge in [0.05, 0.1) is 19.0 Å². The first-order chi connectivity index (χ1) is 8.31. The number of aliphatic hydroxyl groups is 2. The molecule has 90 valence electrons. The molecule has 17 heavy (non-hydrogen) atoms. The molecule has 2 rings (SSSR count). The number of nitrogens with one attached hydrogen (secondary N) is 1. The number of hydrogen-bond donors (Lipinski definition) is 3. The van der Waals surface area contributed by atoms with Crippen molar-refractivity contribution in [2.45, 2.75) is 6.10 Å². The summed E-state index contributed by atoms with van der Waals surface area (Å²) in [7, 11) is 0. The van der Waals surface area contributed by atoms with E-state index in [0.29, 0.717) is 6.54 Å². The third-order valence-corrected chi connectivity index (χ3v) is 2.45. The van der Waals surface area contributed by atoms with Crippen molar-refractivity contribution in [2.24, 2.45) is 0 Å². The Bertz CT molecular complexity index is 453. The summed E-state index contributed by atoms with van der Waals surface area (Å²) < 4.78 is 5.34. The first kappa shape index (κ1) is 11.7. The highest BCUT2D eigenvalue weighted by atomic mass is 16.3. The fourth-order valence-electron chi connectivity index (χ4n) is 1.58. The Kier molecular flexibility index (Phi) is 3.80. The highest BCUT2D eigenvalue weighted by Crippen LogP contribution is 2.27. The van der Waals surface area contributed by atoms with Crippen molar-refractivity contribution in [3.05, 3.63) is 42.7 Å². The predicted molar refractivity (Wildman–Crippen MR) is 65.7 cm³/mol. The Morgan fingerprint density at radius 2 is 2.00 bits per heavy atom. The number of benzene rings is 1. The zero-order chi connectivity index (χ0) is 12.1. The van der Waals surface area contributed by atoms with Gasteiger partial charge in [-0.3, -0.25) is 0 Å². The van der Waals surface area contributed by atoms with Crippen LogP contribution in [0.5, 0.6) is 0 Å². The molecule has 4 heteroatoms. The Balaban J connectivity index is 2.17. The Hall–Kier alpha value is -1.78. The minimum atomic E-state index is -0.764. The summed E-state index contributed by atoms with van der Waals surface area (Å²) in [5.74, 6) is 0.770. The molecule has 0 saturated carbocycles. The summed E-state index contributed by atoms with van der Waals surface area (Å²) in [4.78, 5) is 0. The maximum atomic E-state index is 9.30. The zero-order valence-corrected chi connectivity index (χ0v) is 9.34. The number of para-hydroxylation sites is 1. The second-order valence-corrected chi connectivity index (χ2v) is 3.74. The molecule has 0 aliphatic carbocycles. The van der Waals surface area contributed by atoms with Gasteiger partial charge in [0.1, 0.15) is 5.76 Å². The van der Waals surface area contributed by atoms with Crippen molar-refractivity contribution in [2.75, 3.05) is 18.5 Å². The molecule has 1 aromatic carbocycles. The fraction of sp³-hybridized carbons (Fsp3) is 0.231. The van der Waals surface area contributed by atoms with E-state index in [1.54, 1.807) is 6.26 Å². The first-order valence-corrected chi connectivity index (χ1v) is 5.47. The van der Waals surface area contributed by atoms with Crippen molar-refractivity contribution >= 4 is 5.69 Å². The average molecular weight is 233 g/mol. The molecule has 1 atom stereocenters. The number of anilines is 1. The Morgan fingerprint density at radius 1 is 1.18 bits per heavy atom. The van der Waals surface area contributed by atoms with Crippen LogP contribution in [0.25, 0.3) is 11.3 Å². The molecular formula is C13H15NO3. The molecule has 1 unspecified atom stereocenters. The van der Waals surface area contributed by atoms with Crippen LogP contribution in [0.3, 0.4) is 0 Å². The minimum Gasteiger partial charge on any atom is -0.464 e. The van der Waals surface area contributed by atoms with E-state index in [1.165, 1.54) is 0 Å². The monoisotopic (exact) mass is 233 g/mol. The van der Waals surface area contributed by atoms with Gasteiger partial charge in [-0.25, -0.2) is 0 Å². The number of hydrogen-bond acceptors (Lipinski definition) is 4. The molecule has 0 aliphatic heterocycles. The summed E-state index contributed by atoms with van der Waals surface area (Å²) in [6, 6.07) is 11.4. The van der Waals surface area contributed by atoms with Gasteiger partial charge >= 0.3 is 0 Å². The molecule has 2 aromatic rings.